The summed E-state index contributed by atoms with van der Waals surface area (Å²) in [6.07, 6.45) is 1.74. The Kier molecular flexibility index (Phi) is 5.41. The lowest BCUT2D eigenvalue weighted by atomic mass is 9.94. The molecule has 0 N–H and O–H groups in total. The van der Waals surface area contributed by atoms with Crippen LogP contribution in [0.5, 0.6) is 0 Å². The van der Waals surface area contributed by atoms with Gasteiger partial charge in [0.05, 0.1) is 24.8 Å². The van der Waals surface area contributed by atoms with Gasteiger partial charge in [0.2, 0.25) is 0 Å². The summed E-state index contributed by atoms with van der Waals surface area (Å²) in [6, 6.07) is 21.9. The van der Waals surface area contributed by atoms with Gasteiger partial charge >= 0.3 is 0 Å². The second-order valence-electron chi connectivity index (χ2n) is 5.94. The molecule has 6 heteroatoms. The molecule has 4 nitrogen and oxygen atoms in total. The van der Waals surface area contributed by atoms with E-state index in [0.29, 0.717) is 10.7 Å². The van der Waals surface area contributed by atoms with Gasteiger partial charge in [-0.05, 0) is 42.0 Å². The highest BCUT2D eigenvalue weighted by Crippen LogP contribution is 2.42. The average molecular weight is 389 g/mol. The number of hydrogen-bond acceptors (Lipinski definition) is 5. The minimum absolute atomic E-state index is 0.297. The zero-order valence-corrected chi connectivity index (χ0v) is 15.9. The SMILES string of the molecule is COSc1nnc(-c2ccc(F)cc2)c(-c2ccccc2)c1-c1ccccn1. The Morgan fingerprint density at radius 3 is 2.21 bits per heavy atom. The van der Waals surface area contributed by atoms with Crippen molar-refractivity contribution in [2.45, 2.75) is 5.03 Å². The van der Waals surface area contributed by atoms with E-state index >= 15 is 0 Å². The highest BCUT2D eigenvalue weighted by Gasteiger charge is 2.22. The number of aromatic nitrogens is 3. The maximum Gasteiger partial charge on any atom is 0.156 e. The Hall–Kier alpha value is -3.09. The molecule has 0 aliphatic carbocycles. The fourth-order valence-corrected chi connectivity index (χ4v) is 3.52. The molecule has 0 atom stereocenters. The first-order valence-corrected chi connectivity index (χ1v) is 9.36. The number of pyridine rings is 1. The van der Waals surface area contributed by atoms with Crippen molar-refractivity contribution in [1.29, 1.82) is 0 Å². The van der Waals surface area contributed by atoms with E-state index in [4.69, 9.17) is 4.18 Å². The zero-order valence-electron chi connectivity index (χ0n) is 15.0. The molecule has 0 unspecified atom stereocenters. The van der Waals surface area contributed by atoms with Crippen LogP contribution in [0.1, 0.15) is 0 Å². The van der Waals surface area contributed by atoms with Crippen molar-refractivity contribution in [3.8, 4) is 33.6 Å². The van der Waals surface area contributed by atoms with Crippen LogP contribution >= 0.6 is 12.0 Å². The molecule has 4 rings (SSSR count). The summed E-state index contributed by atoms with van der Waals surface area (Å²) in [4.78, 5) is 4.53. The second-order valence-corrected chi connectivity index (χ2v) is 6.83. The van der Waals surface area contributed by atoms with Crippen molar-refractivity contribution >= 4 is 12.0 Å². The molecule has 0 fully saturated rings. The molecule has 0 saturated carbocycles. The molecular weight excluding hydrogens is 373 g/mol. The van der Waals surface area contributed by atoms with E-state index < -0.39 is 0 Å². The highest BCUT2D eigenvalue weighted by atomic mass is 32.2. The Bertz CT molecular complexity index is 1070. The van der Waals surface area contributed by atoms with Crippen molar-refractivity contribution in [2.24, 2.45) is 0 Å². The first kappa shape index (κ1) is 18.3. The molecule has 0 radical (unpaired) electrons. The normalized spacial score (nSPS) is 10.8. The van der Waals surface area contributed by atoms with Gasteiger partial charge in [-0.15, -0.1) is 10.2 Å². The number of halogens is 1. The highest BCUT2D eigenvalue weighted by molar-refractivity contribution is 7.94. The number of hydrogen-bond donors (Lipinski definition) is 0. The molecule has 2 aromatic heterocycles. The third-order valence-corrected chi connectivity index (χ3v) is 4.82. The predicted octanol–water partition coefficient (Wildman–Crippen LogP) is 5.67. The molecule has 2 heterocycles. The monoisotopic (exact) mass is 389 g/mol. The van der Waals surface area contributed by atoms with E-state index in [0.717, 1.165) is 40.0 Å². The van der Waals surface area contributed by atoms with Crippen molar-refractivity contribution in [1.82, 2.24) is 15.2 Å². The number of rotatable bonds is 5. The molecule has 0 spiro atoms. The smallest absolute Gasteiger partial charge is 0.156 e. The van der Waals surface area contributed by atoms with Gasteiger partial charge in [-0.3, -0.25) is 4.98 Å². The quantitative estimate of drug-likeness (QED) is 0.412. The van der Waals surface area contributed by atoms with Crippen molar-refractivity contribution in [2.75, 3.05) is 7.11 Å². The van der Waals surface area contributed by atoms with Gasteiger partial charge in [-0.25, -0.2) is 4.39 Å². The second kappa shape index (κ2) is 8.29. The summed E-state index contributed by atoms with van der Waals surface area (Å²) in [7, 11) is 1.59. The maximum absolute atomic E-state index is 13.5. The van der Waals surface area contributed by atoms with Crippen LogP contribution in [0.25, 0.3) is 33.6 Å². The van der Waals surface area contributed by atoms with E-state index in [1.54, 1.807) is 25.4 Å². The average Bonchev–Trinajstić information content (AvgIpc) is 2.75. The van der Waals surface area contributed by atoms with Gasteiger partial charge in [-0.1, -0.05) is 36.4 Å². The minimum atomic E-state index is -0.297. The molecule has 0 aliphatic heterocycles. The Labute approximate surface area is 166 Å². The fraction of sp³-hybridized carbons (Fsp3) is 0.0455. The van der Waals surface area contributed by atoms with Crippen LogP contribution in [0, 0.1) is 5.82 Å². The lowest BCUT2D eigenvalue weighted by Crippen LogP contribution is -2.01. The predicted molar refractivity (Wildman–Crippen MR) is 109 cm³/mol. The Morgan fingerprint density at radius 1 is 0.786 bits per heavy atom. The number of benzene rings is 2. The summed E-state index contributed by atoms with van der Waals surface area (Å²) >= 11 is 1.14. The van der Waals surface area contributed by atoms with Crippen molar-refractivity contribution < 1.29 is 8.57 Å². The lowest BCUT2D eigenvalue weighted by Gasteiger charge is -2.16. The molecule has 0 saturated heterocycles. The van der Waals surface area contributed by atoms with Crippen LogP contribution in [0.15, 0.2) is 84.0 Å². The van der Waals surface area contributed by atoms with E-state index in [1.807, 2.05) is 48.5 Å². The summed E-state index contributed by atoms with van der Waals surface area (Å²) in [6.45, 7) is 0. The molecule has 0 aliphatic rings. The van der Waals surface area contributed by atoms with Crippen LogP contribution in [0.2, 0.25) is 0 Å². The molecule has 138 valence electrons. The fourth-order valence-electron chi connectivity index (χ4n) is 3.00. The van der Waals surface area contributed by atoms with Crippen LogP contribution in [-0.2, 0) is 4.18 Å². The molecule has 28 heavy (non-hydrogen) atoms. The van der Waals surface area contributed by atoms with Gasteiger partial charge in [-0.2, -0.15) is 0 Å². The topological polar surface area (TPSA) is 47.9 Å². The molecule has 0 bridgehead atoms. The van der Waals surface area contributed by atoms with Gasteiger partial charge in [0.15, 0.2) is 5.03 Å². The van der Waals surface area contributed by atoms with E-state index in [-0.39, 0.29) is 5.82 Å². The van der Waals surface area contributed by atoms with Gasteiger partial charge in [0.1, 0.15) is 11.5 Å². The summed E-state index contributed by atoms with van der Waals surface area (Å²) in [5.41, 5.74) is 4.87. The van der Waals surface area contributed by atoms with Crippen molar-refractivity contribution in [3.05, 3.63) is 84.8 Å². The Morgan fingerprint density at radius 2 is 1.54 bits per heavy atom. The summed E-state index contributed by atoms with van der Waals surface area (Å²) < 4.78 is 18.7. The molecule has 2 aromatic carbocycles. The Balaban J connectivity index is 2.06. The maximum atomic E-state index is 13.5. The van der Waals surface area contributed by atoms with Crippen LogP contribution in [0.4, 0.5) is 4.39 Å². The summed E-state index contributed by atoms with van der Waals surface area (Å²) in [5, 5.41) is 9.46. The van der Waals surface area contributed by atoms with Crippen molar-refractivity contribution in [3.63, 3.8) is 0 Å². The summed E-state index contributed by atoms with van der Waals surface area (Å²) in [5.74, 6) is -0.297. The van der Waals surface area contributed by atoms with Crippen LogP contribution in [-0.4, -0.2) is 22.3 Å². The van der Waals surface area contributed by atoms with Gasteiger partial charge in [0.25, 0.3) is 0 Å². The number of nitrogens with zero attached hydrogens (tertiary/aromatic N) is 3. The molecule has 4 aromatic rings. The van der Waals surface area contributed by atoms with Crippen LogP contribution in [0.3, 0.4) is 0 Å². The third kappa shape index (κ3) is 3.65. The first-order chi connectivity index (χ1) is 13.8. The first-order valence-electron chi connectivity index (χ1n) is 8.62. The van der Waals surface area contributed by atoms with E-state index in [9.17, 15) is 4.39 Å². The van der Waals surface area contributed by atoms with E-state index in [2.05, 4.69) is 15.2 Å². The largest absolute Gasteiger partial charge is 0.312 e. The lowest BCUT2D eigenvalue weighted by molar-refractivity contribution is 0.487. The zero-order chi connectivity index (χ0) is 19.3. The molecular formula is C22H16FN3OS. The van der Waals surface area contributed by atoms with Gasteiger partial charge < -0.3 is 4.18 Å². The van der Waals surface area contributed by atoms with Crippen LogP contribution < -0.4 is 0 Å². The van der Waals surface area contributed by atoms with Gasteiger partial charge in [0, 0.05) is 22.9 Å². The van der Waals surface area contributed by atoms with E-state index in [1.165, 1.54) is 12.1 Å². The minimum Gasteiger partial charge on any atom is -0.312 e. The standard InChI is InChI=1S/C22H16FN3OS/c1-27-28-22-20(18-9-5-6-14-24-18)19(15-7-3-2-4-8-15)21(25-26-22)16-10-12-17(23)13-11-16/h2-14H,1H3. The third-order valence-electron chi connectivity index (χ3n) is 4.20. The molecule has 0 amide bonds.